The summed E-state index contributed by atoms with van der Waals surface area (Å²) in [5.74, 6) is 0.505. The van der Waals surface area contributed by atoms with Gasteiger partial charge in [0.05, 0.1) is 0 Å². The van der Waals surface area contributed by atoms with Gasteiger partial charge in [-0.3, -0.25) is 4.79 Å². The first-order valence-corrected chi connectivity index (χ1v) is 4.67. The quantitative estimate of drug-likeness (QED) is 0.759. The Hall–Kier alpha value is -1.97. The van der Waals surface area contributed by atoms with Crippen LogP contribution >= 0.6 is 0 Å². The molecule has 0 fully saturated rings. The SMILES string of the molecule is Cc1ccc(-c2nnc(C)c(=O)[nH]2)cc1. The molecule has 0 saturated heterocycles. The molecule has 0 radical (unpaired) electrons. The Labute approximate surface area is 87.0 Å². The Morgan fingerprint density at radius 3 is 2.33 bits per heavy atom. The van der Waals surface area contributed by atoms with E-state index in [0.29, 0.717) is 11.5 Å². The molecule has 15 heavy (non-hydrogen) atoms. The Bertz CT molecular complexity index is 528. The molecule has 76 valence electrons. The zero-order valence-electron chi connectivity index (χ0n) is 8.61. The van der Waals surface area contributed by atoms with Crippen LogP contribution in [0.3, 0.4) is 0 Å². The molecular formula is C11H11N3O. The molecule has 0 aliphatic heterocycles. The van der Waals surface area contributed by atoms with E-state index in [2.05, 4.69) is 15.2 Å². The summed E-state index contributed by atoms with van der Waals surface area (Å²) >= 11 is 0. The number of aromatic amines is 1. The first-order chi connectivity index (χ1) is 7.16. The lowest BCUT2D eigenvalue weighted by Gasteiger charge is -2.00. The molecule has 2 rings (SSSR count). The summed E-state index contributed by atoms with van der Waals surface area (Å²) in [5.41, 5.74) is 2.22. The highest BCUT2D eigenvalue weighted by Crippen LogP contribution is 2.12. The molecule has 0 atom stereocenters. The summed E-state index contributed by atoms with van der Waals surface area (Å²) in [7, 11) is 0. The first-order valence-electron chi connectivity index (χ1n) is 4.67. The molecule has 4 nitrogen and oxygen atoms in total. The summed E-state index contributed by atoms with van der Waals surface area (Å²) in [6.45, 7) is 3.64. The van der Waals surface area contributed by atoms with E-state index in [1.807, 2.05) is 31.2 Å². The van der Waals surface area contributed by atoms with E-state index in [1.54, 1.807) is 6.92 Å². The number of H-pyrrole nitrogens is 1. The minimum Gasteiger partial charge on any atom is -0.303 e. The number of hydrogen-bond donors (Lipinski definition) is 1. The smallest absolute Gasteiger partial charge is 0.272 e. The van der Waals surface area contributed by atoms with Crippen LogP contribution in [-0.4, -0.2) is 15.2 Å². The highest BCUT2D eigenvalue weighted by Gasteiger charge is 2.02. The van der Waals surface area contributed by atoms with Crippen LogP contribution in [0.1, 0.15) is 11.3 Å². The number of nitrogens with zero attached hydrogens (tertiary/aromatic N) is 2. The Morgan fingerprint density at radius 2 is 1.73 bits per heavy atom. The molecule has 0 aliphatic carbocycles. The van der Waals surface area contributed by atoms with Gasteiger partial charge in [-0.1, -0.05) is 29.8 Å². The fourth-order valence-electron chi connectivity index (χ4n) is 1.23. The molecule has 1 heterocycles. The van der Waals surface area contributed by atoms with Crippen molar-refractivity contribution >= 4 is 0 Å². The second-order valence-corrected chi connectivity index (χ2v) is 3.45. The van der Waals surface area contributed by atoms with Crippen LogP contribution in [-0.2, 0) is 0 Å². The van der Waals surface area contributed by atoms with Gasteiger partial charge in [0.1, 0.15) is 5.69 Å². The van der Waals surface area contributed by atoms with Gasteiger partial charge in [-0.05, 0) is 13.8 Å². The van der Waals surface area contributed by atoms with Crippen molar-refractivity contribution in [3.8, 4) is 11.4 Å². The Balaban J connectivity index is 2.50. The van der Waals surface area contributed by atoms with Gasteiger partial charge in [-0.15, -0.1) is 10.2 Å². The molecule has 1 aromatic heterocycles. The topological polar surface area (TPSA) is 58.6 Å². The number of aromatic nitrogens is 3. The third-order valence-corrected chi connectivity index (χ3v) is 2.19. The van der Waals surface area contributed by atoms with Crippen molar-refractivity contribution in [3.63, 3.8) is 0 Å². The van der Waals surface area contributed by atoms with Gasteiger partial charge in [0.15, 0.2) is 5.82 Å². The second kappa shape index (κ2) is 3.65. The molecule has 0 unspecified atom stereocenters. The zero-order valence-corrected chi connectivity index (χ0v) is 8.61. The largest absolute Gasteiger partial charge is 0.303 e. The van der Waals surface area contributed by atoms with Gasteiger partial charge in [0, 0.05) is 5.56 Å². The number of nitrogens with one attached hydrogen (secondary N) is 1. The van der Waals surface area contributed by atoms with E-state index in [0.717, 1.165) is 5.56 Å². The number of benzene rings is 1. The maximum atomic E-state index is 11.3. The van der Waals surface area contributed by atoms with E-state index >= 15 is 0 Å². The van der Waals surface area contributed by atoms with Crippen molar-refractivity contribution in [1.82, 2.24) is 15.2 Å². The maximum Gasteiger partial charge on any atom is 0.272 e. The molecule has 0 amide bonds. The summed E-state index contributed by atoms with van der Waals surface area (Å²) < 4.78 is 0. The minimum absolute atomic E-state index is 0.194. The average Bonchev–Trinajstić information content (AvgIpc) is 2.23. The van der Waals surface area contributed by atoms with Crippen molar-refractivity contribution in [2.24, 2.45) is 0 Å². The maximum absolute atomic E-state index is 11.3. The van der Waals surface area contributed by atoms with Crippen molar-refractivity contribution in [2.75, 3.05) is 0 Å². The van der Waals surface area contributed by atoms with E-state index < -0.39 is 0 Å². The Kier molecular flexibility index (Phi) is 2.33. The van der Waals surface area contributed by atoms with Gasteiger partial charge in [0.25, 0.3) is 5.56 Å². The minimum atomic E-state index is -0.194. The molecule has 4 heteroatoms. The van der Waals surface area contributed by atoms with Crippen LogP contribution in [0, 0.1) is 13.8 Å². The van der Waals surface area contributed by atoms with Crippen LogP contribution in [0.4, 0.5) is 0 Å². The predicted molar refractivity (Wildman–Crippen MR) is 57.6 cm³/mol. The van der Waals surface area contributed by atoms with Crippen molar-refractivity contribution in [2.45, 2.75) is 13.8 Å². The fourth-order valence-corrected chi connectivity index (χ4v) is 1.23. The van der Waals surface area contributed by atoms with Gasteiger partial charge in [-0.2, -0.15) is 0 Å². The van der Waals surface area contributed by atoms with Gasteiger partial charge in [0.2, 0.25) is 0 Å². The third kappa shape index (κ3) is 1.93. The Morgan fingerprint density at radius 1 is 1.07 bits per heavy atom. The van der Waals surface area contributed by atoms with Crippen LogP contribution in [0.2, 0.25) is 0 Å². The summed E-state index contributed by atoms with van der Waals surface area (Å²) in [6, 6.07) is 7.75. The van der Waals surface area contributed by atoms with Crippen molar-refractivity contribution in [1.29, 1.82) is 0 Å². The second-order valence-electron chi connectivity index (χ2n) is 3.45. The van der Waals surface area contributed by atoms with Crippen LogP contribution in [0.25, 0.3) is 11.4 Å². The monoisotopic (exact) mass is 201 g/mol. The summed E-state index contributed by atoms with van der Waals surface area (Å²) in [4.78, 5) is 14.0. The number of hydrogen-bond acceptors (Lipinski definition) is 3. The molecule has 1 N–H and O–H groups in total. The van der Waals surface area contributed by atoms with E-state index in [9.17, 15) is 4.79 Å². The molecular weight excluding hydrogens is 190 g/mol. The van der Waals surface area contributed by atoms with Gasteiger partial charge < -0.3 is 4.98 Å². The van der Waals surface area contributed by atoms with E-state index in [1.165, 1.54) is 5.56 Å². The lowest BCUT2D eigenvalue weighted by Crippen LogP contribution is -2.14. The molecule has 0 saturated carbocycles. The highest BCUT2D eigenvalue weighted by molar-refractivity contribution is 5.54. The third-order valence-electron chi connectivity index (χ3n) is 2.19. The van der Waals surface area contributed by atoms with Crippen molar-refractivity contribution < 1.29 is 0 Å². The van der Waals surface area contributed by atoms with Crippen LogP contribution in [0.15, 0.2) is 29.1 Å². The average molecular weight is 201 g/mol. The molecule has 0 bridgehead atoms. The lowest BCUT2D eigenvalue weighted by atomic mass is 10.1. The normalized spacial score (nSPS) is 10.3. The van der Waals surface area contributed by atoms with Crippen LogP contribution in [0.5, 0.6) is 0 Å². The summed E-state index contributed by atoms with van der Waals surface area (Å²) in [6.07, 6.45) is 0. The van der Waals surface area contributed by atoms with E-state index in [4.69, 9.17) is 0 Å². The zero-order chi connectivity index (χ0) is 10.8. The van der Waals surface area contributed by atoms with Gasteiger partial charge >= 0.3 is 0 Å². The van der Waals surface area contributed by atoms with E-state index in [-0.39, 0.29) is 5.56 Å². The molecule has 0 aliphatic rings. The molecule has 2 aromatic rings. The van der Waals surface area contributed by atoms with Crippen molar-refractivity contribution in [3.05, 3.63) is 45.9 Å². The lowest BCUT2D eigenvalue weighted by molar-refractivity contribution is 0.908. The standard InChI is InChI=1S/C11H11N3O/c1-7-3-5-9(6-4-7)10-12-11(15)8(2)13-14-10/h3-6H,1-2H3,(H,12,14,15). The summed E-state index contributed by atoms with van der Waals surface area (Å²) in [5, 5.41) is 7.72. The van der Waals surface area contributed by atoms with Crippen LogP contribution < -0.4 is 5.56 Å². The molecule has 0 spiro atoms. The van der Waals surface area contributed by atoms with Gasteiger partial charge in [-0.25, -0.2) is 0 Å². The molecule has 1 aromatic carbocycles. The fraction of sp³-hybridized carbons (Fsp3) is 0.182. The number of rotatable bonds is 1. The predicted octanol–water partition coefficient (Wildman–Crippen LogP) is 1.45. The highest BCUT2D eigenvalue weighted by atomic mass is 16.1. The first kappa shape index (κ1) is 9.58. The number of aryl methyl sites for hydroxylation is 2.